The molecule has 32 heavy (non-hydrogen) atoms. The number of hydrogen-bond donors (Lipinski definition) is 3. The number of rotatable bonds is 7. The number of phenolic OH excluding ortho intramolecular Hbond substituents is 1. The second-order valence-electron chi connectivity index (χ2n) is 6.94. The molecule has 2 amide bonds. The molecular formula is C26H23N3O3. The fraction of sp³-hybridized carbons (Fsp3) is 0.0385. The van der Waals surface area contributed by atoms with Gasteiger partial charge in [0.1, 0.15) is 11.4 Å². The molecule has 160 valence electrons. The lowest BCUT2D eigenvalue weighted by Gasteiger charge is -2.09. The van der Waals surface area contributed by atoms with E-state index in [1.54, 1.807) is 54.6 Å². The van der Waals surface area contributed by atoms with Crippen LogP contribution in [0.25, 0.3) is 6.08 Å². The molecule has 3 rings (SSSR count). The molecule has 0 unspecified atom stereocenters. The number of carbonyl (C=O) groups is 2. The summed E-state index contributed by atoms with van der Waals surface area (Å²) >= 11 is 0. The second-order valence-corrected chi connectivity index (χ2v) is 6.94. The van der Waals surface area contributed by atoms with Gasteiger partial charge in [-0.1, -0.05) is 66.7 Å². The fourth-order valence-electron chi connectivity index (χ4n) is 2.84. The summed E-state index contributed by atoms with van der Waals surface area (Å²) in [5, 5.41) is 16.4. The first-order valence-corrected chi connectivity index (χ1v) is 9.96. The summed E-state index contributed by atoms with van der Waals surface area (Å²) in [7, 11) is 0. The van der Waals surface area contributed by atoms with Crippen LogP contribution in [-0.4, -0.2) is 23.1 Å². The summed E-state index contributed by atoms with van der Waals surface area (Å²) in [5.41, 5.74) is 5.04. The molecule has 0 aliphatic carbocycles. The lowest BCUT2D eigenvalue weighted by atomic mass is 10.1. The van der Waals surface area contributed by atoms with Crippen LogP contribution in [0.5, 0.6) is 5.75 Å². The van der Waals surface area contributed by atoms with Crippen molar-refractivity contribution in [3.8, 4) is 5.75 Å². The van der Waals surface area contributed by atoms with Crippen molar-refractivity contribution in [2.45, 2.75) is 6.92 Å². The van der Waals surface area contributed by atoms with Crippen molar-refractivity contribution < 1.29 is 14.7 Å². The number of para-hydroxylation sites is 1. The van der Waals surface area contributed by atoms with Gasteiger partial charge in [0, 0.05) is 11.1 Å². The number of amides is 2. The molecular weight excluding hydrogens is 402 g/mol. The quantitative estimate of drug-likeness (QED) is 0.229. The number of benzene rings is 3. The van der Waals surface area contributed by atoms with Gasteiger partial charge in [0.25, 0.3) is 11.8 Å². The first-order chi connectivity index (χ1) is 15.5. The molecule has 0 aliphatic rings. The van der Waals surface area contributed by atoms with Crippen LogP contribution < -0.4 is 10.7 Å². The highest BCUT2D eigenvalue weighted by Crippen LogP contribution is 2.13. The van der Waals surface area contributed by atoms with Crippen LogP contribution in [0.4, 0.5) is 0 Å². The van der Waals surface area contributed by atoms with Crippen LogP contribution in [0.3, 0.4) is 0 Å². The molecule has 0 heterocycles. The Morgan fingerprint density at radius 3 is 2.19 bits per heavy atom. The maximum atomic E-state index is 12.8. The number of carbonyl (C=O) groups excluding carboxylic acids is 2. The molecule has 0 spiro atoms. The van der Waals surface area contributed by atoms with Crippen molar-refractivity contribution in [3.05, 3.63) is 119 Å². The van der Waals surface area contributed by atoms with Crippen LogP contribution in [0, 0.1) is 0 Å². The predicted octanol–water partition coefficient (Wildman–Crippen LogP) is 4.26. The number of hydrogen-bond acceptors (Lipinski definition) is 4. The summed E-state index contributed by atoms with van der Waals surface area (Å²) in [6, 6.07) is 24.9. The van der Waals surface area contributed by atoms with Crippen LogP contribution in [0.2, 0.25) is 0 Å². The monoisotopic (exact) mass is 425 g/mol. The first kappa shape index (κ1) is 22.2. The number of allylic oxidation sites excluding steroid dienone is 2. The maximum Gasteiger partial charge on any atom is 0.287 e. The van der Waals surface area contributed by atoms with Gasteiger partial charge in [-0.15, -0.1) is 0 Å². The highest BCUT2D eigenvalue weighted by atomic mass is 16.3. The molecule has 0 saturated carbocycles. The Morgan fingerprint density at radius 1 is 0.875 bits per heavy atom. The number of aromatic hydroxyl groups is 1. The van der Waals surface area contributed by atoms with Gasteiger partial charge in [0.05, 0.1) is 6.21 Å². The SMILES string of the molecule is CC(/C=C(\NC(=O)c1ccccc1)C(=O)N/N=C/c1ccccc1O)=C\c1ccccc1. The van der Waals surface area contributed by atoms with E-state index < -0.39 is 11.8 Å². The van der Waals surface area contributed by atoms with Gasteiger partial charge in [-0.05, 0) is 48.4 Å². The lowest BCUT2D eigenvalue weighted by molar-refractivity contribution is -0.117. The Kier molecular flexibility index (Phi) is 7.70. The summed E-state index contributed by atoms with van der Waals surface area (Å²) in [5.74, 6) is -0.966. The summed E-state index contributed by atoms with van der Waals surface area (Å²) in [4.78, 5) is 25.4. The molecule has 0 aromatic heterocycles. The first-order valence-electron chi connectivity index (χ1n) is 9.96. The number of phenols is 1. The van der Waals surface area contributed by atoms with Crippen LogP contribution in [-0.2, 0) is 4.79 Å². The smallest absolute Gasteiger partial charge is 0.287 e. The summed E-state index contributed by atoms with van der Waals surface area (Å²) in [6.45, 7) is 1.83. The molecule has 0 atom stereocenters. The van der Waals surface area contributed by atoms with E-state index in [1.807, 2.05) is 43.3 Å². The Morgan fingerprint density at radius 2 is 1.50 bits per heavy atom. The van der Waals surface area contributed by atoms with Crippen LogP contribution in [0.1, 0.15) is 28.4 Å². The molecule has 0 saturated heterocycles. The van der Waals surface area contributed by atoms with E-state index in [2.05, 4.69) is 15.8 Å². The van der Waals surface area contributed by atoms with Crippen molar-refractivity contribution in [1.29, 1.82) is 0 Å². The highest BCUT2D eigenvalue weighted by Gasteiger charge is 2.14. The molecule has 6 heteroatoms. The zero-order valence-electron chi connectivity index (χ0n) is 17.5. The van der Waals surface area contributed by atoms with Gasteiger partial charge in [-0.3, -0.25) is 9.59 Å². The van der Waals surface area contributed by atoms with E-state index in [4.69, 9.17) is 0 Å². The molecule has 3 aromatic carbocycles. The lowest BCUT2D eigenvalue weighted by Crippen LogP contribution is -2.33. The van der Waals surface area contributed by atoms with Gasteiger partial charge in [-0.2, -0.15) is 5.10 Å². The average Bonchev–Trinajstić information content (AvgIpc) is 2.81. The van der Waals surface area contributed by atoms with Crippen molar-refractivity contribution in [1.82, 2.24) is 10.7 Å². The summed E-state index contributed by atoms with van der Waals surface area (Å²) in [6.07, 6.45) is 4.81. The zero-order chi connectivity index (χ0) is 22.8. The van der Waals surface area contributed by atoms with Crippen LogP contribution >= 0.6 is 0 Å². The van der Waals surface area contributed by atoms with Gasteiger partial charge in [0.2, 0.25) is 0 Å². The van der Waals surface area contributed by atoms with Gasteiger partial charge >= 0.3 is 0 Å². The van der Waals surface area contributed by atoms with Crippen molar-refractivity contribution in [3.63, 3.8) is 0 Å². The minimum atomic E-state index is -0.596. The van der Waals surface area contributed by atoms with Gasteiger partial charge < -0.3 is 10.4 Å². The topological polar surface area (TPSA) is 90.8 Å². The van der Waals surface area contributed by atoms with E-state index >= 15 is 0 Å². The minimum absolute atomic E-state index is 0.0398. The van der Waals surface area contributed by atoms with E-state index in [0.717, 1.165) is 11.1 Å². The fourth-order valence-corrected chi connectivity index (χ4v) is 2.84. The van der Waals surface area contributed by atoms with Crippen molar-refractivity contribution >= 4 is 24.1 Å². The third-order valence-electron chi connectivity index (χ3n) is 4.40. The van der Waals surface area contributed by atoms with Crippen LogP contribution in [0.15, 0.2) is 107 Å². The molecule has 0 bridgehead atoms. The minimum Gasteiger partial charge on any atom is -0.507 e. The standard InChI is InChI=1S/C26H23N3O3/c1-19(16-20-10-4-2-5-11-20)17-23(28-25(31)21-12-6-3-7-13-21)26(32)29-27-18-22-14-8-9-15-24(22)30/h2-18,30H,1H3,(H,28,31)(H,29,32)/b19-16+,23-17-,27-18+. The van der Waals surface area contributed by atoms with E-state index in [9.17, 15) is 14.7 Å². The molecule has 0 aliphatic heterocycles. The third-order valence-corrected chi connectivity index (χ3v) is 4.40. The molecule has 3 N–H and O–H groups in total. The maximum absolute atomic E-state index is 12.8. The Hall–Kier alpha value is -4.45. The van der Waals surface area contributed by atoms with E-state index in [-0.39, 0.29) is 11.4 Å². The van der Waals surface area contributed by atoms with Gasteiger partial charge in [0.15, 0.2) is 0 Å². The molecule has 3 aromatic rings. The Balaban J connectivity index is 1.82. The second kappa shape index (κ2) is 11.1. The Labute approximate surface area is 186 Å². The molecule has 0 radical (unpaired) electrons. The normalized spacial score (nSPS) is 11.9. The van der Waals surface area contributed by atoms with Crippen molar-refractivity contribution in [2.24, 2.45) is 5.10 Å². The average molecular weight is 425 g/mol. The van der Waals surface area contributed by atoms with Gasteiger partial charge in [-0.25, -0.2) is 5.43 Å². The zero-order valence-corrected chi connectivity index (χ0v) is 17.5. The Bertz CT molecular complexity index is 1170. The largest absolute Gasteiger partial charge is 0.507 e. The third kappa shape index (κ3) is 6.53. The molecule has 0 fully saturated rings. The van der Waals surface area contributed by atoms with E-state index in [0.29, 0.717) is 11.1 Å². The number of nitrogens with zero attached hydrogens (tertiary/aromatic N) is 1. The number of hydrazone groups is 1. The van der Waals surface area contributed by atoms with Crippen molar-refractivity contribution in [2.75, 3.05) is 0 Å². The molecule has 6 nitrogen and oxygen atoms in total. The number of nitrogens with one attached hydrogen (secondary N) is 2. The predicted molar refractivity (Wildman–Crippen MR) is 126 cm³/mol. The van der Waals surface area contributed by atoms with E-state index in [1.165, 1.54) is 12.3 Å². The highest BCUT2D eigenvalue weighted by molar-refractivity contribution is 6.03. The summed E-state index contributed by atoms with van der Waals surface area (Å²) < 4.78 is 0.